The Hall–Kier alpha value is -1.62. The molecule has 3 rings (SSSR count). The first kappa shape index (κ1) is 19.2. The van der Waals surface area contributed by atoms with Gasteiger partial charge in [-0.2, -0.15) is 0 Å². The molecule has 1 fully saturated rings. The van der Waals surface area contributed by atoms with Gasteiger partial charge in [0.25, 0.3) is 4.84 Å². The van der Waals surface area contributed by atoms with E-state index in [0.717, 1.165) is 0 Å². The van der Waals surface area contributed by atoms with Crippen molar-refractivity contribution in [2.24, 2.45) is 0 Å². The van der Waals surface area contributed by atoms with Crippen LogP contribution in [-0.4, -0.2) is 60.9 Å². The molecule has 0 aliphatic carbocycles. The van der Waals surface area contributed by atoms with Gasteiger partial charge in [0.2, 0.25) is 5.89 Å². The summed E-state index contributed by atoms with van der Waals surface area (Å²) in [5, 5.41) is 4.36. The van der Waals surface area contributed by atoms with E-state index in [1.54, 1.807) is 19.2 Å². The Bertz CT molecular complexity index is 908. The summed E-state index contributed by atoms with van der Waals surface area (Å²) < 4.78 is 48.8. The zero-order chi connectivity index (χ0) is 18.7. The number of sulfone groups is 1. The van der Waals surface area contributed by atoms with Gasteiger partial charge in [0.1, 0.15) is 5.82 Å². The van der Waals surface area contributed by atoms with Crippen LogP contribution in [0, 0.1) is 10.7 Å². The van der Waals surface area contributed by atoms with Gasteiger partial charge in [-0.25, -0.2) is 17.5 Å². The summed E-state index contributed by atoms with van der Waals surface area (Å²) in [7, 11) is -1.41. The molecule has 7 nitrogen and oxygen atoms in total. The number of hydrogen-bond acceptors (Lipinski definition) is 7. The van der Waals surface area contributed by atoms with Crippen molar-refractivity contribution in [3.63, 3.8) is 0 Å². The molecule has 0 amide bonds. The molecule has 0 N–H and O–H groups in total. The maximum Gasteiger partial charge on any atom is 0.288 e. The number of ether oxygens (including phenoxy) is 1. The SMILES string of the molecule is COCCN(Cn1nc(-c2ccc(F)cc2)oc1=S)[C@H]1CCS(=O)(=O)C1. The van der Waals surface area contributed by atoms with E-state index in [-0.39, 0.29) is 28.2 Å². The van der Waals surface area contributed by atoms with E-state index in [0.29, 0.717) is 37.7 Å². The van der Waals surface area contributed by atoms with E-state index in [9.17, 15) is 12.8 Å². The minimum Gasteiger partial charge on any atom is -0.409 e. The van der Waals surface area contributed by atoms with Crippen molar-refractivity contribution in [1.29, 1.82) is 0 Å². The van der Waals surface area contributed by atoms with E-state index in [4.69, 9.17) is 21.4 Å². The van der Waals surface area contributed by atoms with Gasteiger partial charge in [0.15, 0.2) is 9.84 Å². The Labute approximate surface area is 156 Å². The zero-order valence-corrected chi connectivity index (χ0v) is 15.9. The molecule has 2 aromatic rings. The highest BCUT2D eigenvalue weighted by Gasteiger charge is 2.32. The third-order valence-electron chi connectivity index (χ3n) is 4.32. The summed E-state index contributed by atoms with van der Waals surface area (Å²) in [6, 6.07) is 5.66. The Kier molecular flexibility index (Phi) is 5.86. The van der Waals surface area contributed by atoms with Crippen molar-refractivity contribution in [3.8, 4) is 11.5 Å². The van der Waals surface area contributed by atoms with Crippen molar-refractivity contribution in [3.05, 3.63) is 34.9 Å². The number of nitrogens with zero attached hydrogens (tertiary/aromatic N) is 3. The topological polar surface area (TPSA) is 77.6 Å². The smallest absolute Gasteiger partial charge is 0.288 e. The highest BCUT2D eigenvalue weighted by Crippen LogP contribution is 2.21. The van der Waals surface area contributed by atoms with Gasteiger partial charge in [-0.15, -0.1) is 5.10 Å². The molecule has 0 bridgehead atoms. The second-order valence-electron chi connectivity index (χ2n) is 6.18. The summed E-state index contributed by atoms with van der Waals surface area (Å²) in [5.74, 6) is 0.250. The maximum atomic E-state index is 13.1. The van der Waals surface area contributed by atoms with Gasteiger partial charge >= 0.3 is 0 Å². The lowest BCUT2D eigenvalue weighted by molar-refractivity contribution is 0.0973. The normalized spacial score (nSPS) is 19.3. The molecule has 1 aromatic carbocycles. The third kappa shape index (κ3) is 4.56. The van der Waals surface area contributed by atoms with Gasteiger partial charge in [-0.1, -0.05) is 0 Å². The first-order valence-corrected chi connectivity index (χ1v) is 10.4. The molecule has 1 aliphatic heterocycles. The fraction of sp³-hybridized carbons (Fsp3) is 0.500. The number of aromatic nitrogens is 2. The quantitative estimate of drug-likeness (QED) is 0.658. The minimum absolute atomic E-state index is 0.108. The largest absolute Gasteiger partial charge is 0.409 e. The summed E-state index contributed by atoms with van der Waals surface area (Å²) >= 11 is 5.23. The number of rotatable bonds is 7. The number of halogens is 1. The molecule has 10 heteroatoms. The lowest BCUT2D eigenvalue weighted by Gasteiger charge is -2.27. The maximum absolute atomic E-state index is 13.1. The van der Waals surface area contributed by atoms with E-state index in [2.05, 4.69) is 5.10 Å². The minimum atomic E-state index is -3.01. The lowest BCUT2D eigenvalue weighted by atomic mass is 10.2. The summed E-state index contributed by atoms with van der Waals surface area (Å²) in [4.78, 5) is 2.16. The second-order valence-corrected chi connectivity index (χ2v) is 8.76. The molecule has 0 unspecified atom stereocenters. The molecule has 1 atom stereocenters. The molecular formula is C16H20FN3O4S2. The van der Waals surface area contributed by atoms with Crippen molar-refractivity contribution >= 4 is 22.1 Å². The summed E-state index contributed by atoms with van der Waals surface area (Å²) in [6.07, 6.45) is 0.571. The molecule has 1 aliphatic rings. The molecule has 1 aromatic heterocycles. The van der Waals surface area contributed by atoms with Crippen molar-refractivity contribution < 1.29 is 22.0 Å². The van der Waals surface area contributed by atoms with Crippen molar-refractivity contribution in [1.82, 2.24) is 14.7 Å². The fourth-order valence-electron chi connectivity index (χ4n) is 2.92. The third-order valence-corrected chi connectivity index (χ3v) is 6.36. The Balaban J connectivity index is 1.80. The second kappa shape index (κ2) is 7.95. The summed E-state index contributed by atoms with van der Waals surface area (Å²) in [5.41, 5.74) is 0.614. The molecular weight excluding hydrogens is 381 g/mol. The first-order chi connectivity index (χ1) is 12.4. The lowest BCUT2D eigenvalue weighted by Crippen LogP contribution is -2.40. The number of benzene rings is 1. The summed E-state index contributed by atoms with van der Waals surface area (Å²) in [6.45, 7) is 1.32. The molecule has 26 heavy (non-hydrogen) atoms. The Morgan fingerprint density at radius 3 is 2.77 bits per heavy atom. The average molecular weight is 401 g/mol. The van der Waals surface area contributed by atoms with Crippen LogP contribution in [0.4, 0.5) is 4.39 Å². The van der Waals surface area contributed by atoms with Gasteiger partial charge < -0.3 is 9.15 Å². The average Bonchev–Trinajstić information content (AvgIpc) is 3.14. The van der Waals surface area contributed by atoms with Crippen LogP contribution in [0.2, 0.25) is 0 Å². The van der Waals surface area contributed by atoms with Gasteiger partial charge in [-0.3, -0.25) is 4.90 Å². The molecule has 142 valence electrons. The van der Waals surface area contributed by atoms with Crippen LogP contribution in [0.25, 0.3) is 11.5 Å². The fourth-order valence-corrected chi connectivity index (χ4v) is 4.86. The van der Waals surface area contributed by atoms with E-state index in [1.165, 1.54) is 16.8 Å². The molecule has 2 heterocycles. The highest BCUT2D eigenvalue weighted by atomic mass is 32.2. The van der Waals surface area contributed by atoms with E-state index in [1.807, 2.05) is 4.90 Å². The van der Waals surface area contributed by atoms with Crippen molar-refractivity contribution in [2.75, 3.05) is 31.8 Å². The van der Waals surface area contributed by atoms with Gasteiger partial charge in [0, 0.05) is 25.3 Å². The molecule has 0 spiro atoms. The van der Waals surface area contributed by atoms with Crippen LogP contribution in [0.5, 0.6) is 0 Å². The Morgan fingerprint density at radius 1 is 1.42 bits per heavy atom. The number of hydrogen-bond donors (Lipinski definition) is 0. The van der Waals surface area contributed by atoms with Crippen molar-refractivity contribution in [2.45, 2.75) is 19.1 Å². The van der Waals surface area contributed by atoms with E-state index < -0.39 is 9.84 Å². The molecule has 1 saturated heterocycles. The zero-order valence-electron chi connectivity index (χ0n) is 14.3. The highest BCUT2D eigenvalue weighted by molar-refractivity contribution is 7.91. The van der Waals surface area contributed by atoms with Crippen LogP contribution in [0.1, 0.15) is 6.42 Å². The van der Waals surface area contributed by atoms with Crippen LogP contribution in [0.15, 0.2) is 28.7 Å². The van der Waals surface area contributed by atoms with E-state index >= 15 is 0 Å². The van der Waals surface area contributed by atoms with Crippen LogP contribution < -0.4 is 0 Å². The Morgan fingerprint density at radius 2 is 2.15 bits per heavy atom. The predicted octanol–water partition coefficient (Wildman–Crippen LogP) is 2.10. The van der Waals surface area contributed by atoms with Crippen LogP contribution in [0.3, 0.4) is 0 Å². The van der Waals surface area contributed by atoms with Gasteiger partial charge in [-0.05, 0) is 42.9 Å². The monoisotopic (exact) mass is 401 g/mol. The standard InChI is InChI=1S/C16H20FN3O4S2/c1-23-8-7-19(14-6-9-26(21,22)10-14)11-20-16(25)24-15(18-20)12-2-4-13(17)5-3-12/h2-5,14H,6-11H2,1H3/t14-/m0/s1. The first-order valence-electron chi connectivity index (χ1n) is 8.15. The van der Waals surface area contributed by atoms with Crippen LogP contribution >= 0.6 is 12.2 Å². The molecule has 0 saturated carbocycles. The molecule has 0 radical (unpaired) electrons. The van der Waals surface area contributed by atoms with Gasteiger partial charge in [0.05, 0.1) is 24.8 Å². The van der Waals surface area contributed by atoms with Crippen LogP contribution in [-0.2, 0) is 21.2 Å². The predicted molar refractivity (Wildman–Crippen MR) is 96.4 cm³/mol. The number of methoxy groups -OCH3 is 1.